The van der Waals surface area contributed by atoms with Gasteiger partial charge in [-0.2, -0.15) is 5.10 Å². The Hall–Kier alpha value is -4.40. The monoisotopic (exact) mass is 465 g/mol. The Bertz CT molecular complexity index is 1170. The van der Waals surface area contributed by atoms with Gasteiger partial charge < -0.3 is 19.5 Å². The van der Waals surface area contributed by atoms with Crippen molar-refractivity contribution in [2.75, 3.05) is 19.0 Å². The van der Waals surface area contributed by atoms with Crippen LogP contribution in [0, 0.1) is 5.82 Å². The number of rotatable bonds is 9. The maximum Gasteiger partial charge on any atom is 0.329 e. The van der Waals surface area contributed by atoms with Gasteiger partial charge in [0.05, 0.1) is 25.6 Å². The molecule has 0 radical (unpaired) electrons. The number of benzene rings is 3. The lowest BCUT2D eigenvalue weighted by Crippen LogP contribution is -2.32. The number of amides is 2. The first-order valence-electron chi connectivity index (χ1n) is 10.4. The Labute approximate surface area is 196 Å². The van der Waals surface area contributed by atoms with E-state index in [0.717, 1.165) is 5.56 Å². The highest BCUT2D eigenvalue weighted by atomic mass is 19.1. The summed E-state index contributed by atoms with van der Waals surface area (Å²) >= 11 is 0. The summed E-state index contributed by atoms with van der Waals surface area (Å²) in [7, 11) is 1.49. The molecule has 0 aliphatic rings. The van der Waals surface area contributed by atoms with Crippen LogP contribution in [0.1, 0.15) is 18.1 Å². The van der Waals surface area contributed by atoms with Gasteiger partial charge in [0.2, 0.25) is 0 Å². The first-order chi connectivity index (χ1) is 16.5. The van der Waals surface area contributed by atoms with Crippen LogP contribution in [0.3, 0.4) is 0 Å². The van der Waals surface area contributed by atoms with Crippen molar-refractivity contribution >= 4 is 23.7 Å². The zero-order chi connectivity index (χ0) is 24.3. The smallest absolute Gasteiger partial charge is 0.329 e. The van der Waals surface area contributed by atoms with Crippen molar-refractivity contribution in [3.8, 4) is 17.2 Å². The Morgan fingerprint density at radius 3 is 2.41 bits per heavy atom. The summed E-state index contributed by atoms with van der Waals surface area (Å²) < 4.78 is 29.8. The second kappa shape index (κ2) is 12.0. The first kappa shape index (κ1) is 24.2. The first-order valence-corrected chi connectivity index (χ1v) is 10.4. The Morgan fingerprint density at radius 2 is 1.68 bits per heavy atom. The zero-order valence-corrected chi connectivity index (χ0v) is 18.7. The van der Waals surface area contributed by atoms with Crippen molar-refractivity contribution in [2.45, 2.75) is 13.5 Å². The van der Waals surface area contributed by atoms with Crippen molar-refractivity contribution < 1.29 is 28.2 Å². The minimum absolute atomic E-state index is 0.162. The van der Waals surface area contributed by atoms with Crippen molar-refractivity contribution in [3.63, 3.8) is 0 Å². The molecule has 176 valence electrons. The van der Waals surface area contributed by atoms with Gasteiger partial charge in [-0.15, -0.1) is 0 Å². The molecule has 0 fully saturated rings. The molecule has 9 heteroatoms. The van der Waals surface area contributed by atoms with Crippen LogP contribution >= 0.6 is 0 Å². The SMILES string of the molecule is CCOc1ccccc1NC(=O)C(=O)N/N=C\c1cccc(OC)c1OCc1ccc(F)cc1. The van der Waals surface area contributed by atoms with E-state index in [1.807, 2.05) is 6.92 Å². The third-order valence-electron chi connectivity index (χ3n) is 4.54. The summed E-state index contributed by atoms with van der Waals surface area (Å²) in [5, 5.41) is 6.36. The quantitative estimate of drug-likeness (QED) is 0.284. The largest absolute Gasteiger partial charge is 0.493 e. The van der Waals surface area contributed by atoms with Gasteiger partial charge in [0, 0.05) is 5.56 Å². The van der Waals surface area contributed by atoms with Crippen LogP contribution < -0.4 is 25.0 Å². The molecule has 0 bridgehead atoms. The van der Waals surface area contributed by atoms with Gasteiger partial charge in [-0.3, -0.25) is 9.59 Å². The number of hydrogen-bond acceptors (Lipinski definition) is 6. The van der Waals surface area contributed by atoms with E-state index in [2.05, 4.69) is 15.8 Å². The average Bonchev–Trinajstić information content (AvgIpc) is 2.85. The number of nitrogens with zero attached hydrogens (tertiary/aromatic N) is 1. The number of halogens is 1. The number of nitrogens with one attached hydrogen (secondary N) is 2. The number of carbonyl (C=O) groups excluding carboxylic acids is 2. The summed E-state index contributed by atoms with van der Waals surface area (Å²) in [4.78, 5) is 24.4. The number of hydrogen-bond donors (Lipinski definition) is 2. The van der Waals surface area contributed by atoms with E-state index in [9.17, 15) is 14.0 Å². The van der Waals surface area contributed by atoms with Gasteiger partial charge in [-0.05, 0) is 48.9 Å². The molecule has 3 rings (SSSR count). The molecule has 0 aliphatic heterocycles. The highest BCUT2D eigenvalue weighted by molar-refractivity contribution is 6.39. The molecule has 0 saturated carbocycles. The molecule has 0 spiro atoms. The third kappa shape index (κ3) is 6.55. The van der Waals surface area contributed by atoms with Crippen LogP contribution in [0.2, 0.25) is 0 Å². The molecule has 3 aromatic rings. The molecule has 0 saturated heterocycles. The molecule has 0 aliphatic carbocycles. The Morgan fingerprint density at radius 1 is 0.941 bits per heavy atom. The zero-order valence-electron chi connectivity index (χ0n) is 18.7. The average molecular weight is 465 g/mol. The molecule has 2 amide bonds. The van der Waals surface area contributed by atoms with Crippen LogP contribution in [0.5, 0.6) is 17.2 Å². The van der Waals surface area contributed by atoms with Gasteiger partial charge in [0.1, 0.15) is 18.2 Å². The summed E-state index contributed by atoms with van der Waals surface area (Å²) in [5.41, 5.74) is 3.82. The number of anilines is 1. The van der Waals surface area contributed by atoms with Gasteiger partial charge in [0.25, 0.3) is 0 Å². The van der Waals surface area contributed by atoms with Crippen molar-refractivity contribution in [1.82, 2.24) is 5.43 Å². The summed E-state index contributed by atoms with van der Waals surface area (Å²) in [5.74, 6) is -0.920. The molecule has 34 heavy (non-hydrogen) atoms. The van der Waals surface area contributed by atoms with Crippen molar-refractivity contribution in [2.24, 2.45) is 5.10 Å². The number of ether oxygens (including phenoxy) is 3. The van der Waals surface area contributed by atoms with Crippen LogP contribution in [0.4, 0.5) is 10.1 Å². The van der Waals surface area contributed by atoms with Gasteiger partial charge in [-0.25, -0.2) is 9.82 Å². The van der Waals surface area contributed by atoms with E-state index in [-0.39, 0.29) is 12.4 Å². The fourth-order valence-electron chi connectivity index (χ4n) is 2.93. The Balaban J connectivity index is 1.66. The van der Waals surface area contributed by atoms with Crippen LogP contribution in [0.25, 0.3) is 0 Å². The molecular weight excluding hydrogens is 441 g/mol. The lowest BCUT2D eigenvalue weighted by Gasteiger charge is -2.13. The van der Waals surface area contributed by atoms with E-state index < -0.39 is 11.8 Å². The number of methoxy groups -OCH3 is 1. The third-order valence-corrected chi connectivity index (χ3v) is 4.54. The van der Waals surface area contributed by atoms with Crippen molar-refractivity contribution in [3.05, 3.63) is 83.7 Å². The van der Waals surface area contributed by atoms with Gasteiger partial charge in [-0.1, -0.05) is 30.3 Å². The molecule has 2 N–H and O–H groups in total. The second-order valence-corrected chi connectivity index (χ2v) is 6.88. The minimum atomic E-state index is -0.959. The summed E-state index contributed by atoms with van der Waals surface area (Å²) in [6.45, 7) is 2.39. The van der Waals surface area contributed by atoms with E-state index in [1.165, 1.54) is 25.5 Å². The van der Waals surface area contributed by atoms with Crippen LogP contribution in [-0.2, 0) is 16.2 Å². The topological polar surface area (TPSA) is 98.2 Å². The predicted molar refractivity (Wildman–Crippen MR) is 126 cm³/mol. The van der Waals surface area contributed by atoms with E-state index in [1.54, 1.807) is 54.6 Å². The number of para-hydroxylation sites is 3. The highest BCUT2D eigenvalue weighted by Gasteiger charge is 2.15. The van der Waals surface area contributed by atoms with E-state index >= 15 is 0 Å². The van der Waals surface area contributed by atoms with E-state index in [0.29, 0.717) is 35.1 Å². The lowest BCUT2D eigenvalue weighted by molar-refractivity contribution is -0.136. The molecule has 8 nitrogen and oxygen atoms in total. The second-order valence-electron chi connectivity index (χ2n) is 6.88. The molecule has 0 aromatic heterocycles. The van der Waals surface area contributed by atoms with E-state index in [4.69, 9.17) is 14.2 Å². The highest BCUT2D eigenvalue weighted by Crippen LogP contribution is 2.31. The van der Waals surface area contributed by atoms with Crippen molar-refractivity contribution in [1.29, 1.82) is 0 Å². The fourth-order valence-corrected chi connectivity index (χ4v) is 2.93. The van der Waals surface area contributed by atoms with Gasteiger partial charge >= 0.3 is 11.8 Å². The molecule has 0 atom stereocenters. The molecule has 0 unspecified atom stereocenters. The Kier molecular flexibility index (Phi) is 8.56. The van der Waals surface area contributed by atoms with Gasteiger partial charge in [0.15, 0.2) is 11.5 Å². The molecule has 3 aromatic carbocycles. The lowest BCUT2D eigenvalue weighted by atomic mass is 10.2. The van der Waals surface area contributed by atoms with Crippen LogP contribution in [0.15, 0.2) is 71.8 Å². The van der Waals surface area contributed by atoms with Crippen LogP contribution in [-0.4, -0.2) is 31.7 Å². The minimum Gasteiger partial charge on any atom is -0.493 e. The molecule has 0 heterocycles. The summed E-state index contributed by atoms with van der Waals surface area (Å²) in [6.07, 6.45) is 1.34. The summed E-state index contributed by atoms with van der Waals surface area (Å²) in [6, 6.07) is 17.8. The number of hydrazone groups is 1. The maximum absolute atomic E-state index is 13.1. The normalized spacial score (nSPS) is 10.6. The standard InChI is InChI=1S/C25H24FN3O5/c1-3-33-21-9-5-4-8-20(21)28-24(30)25(31)29-27-15-18-7-6-10-22(32-2)23(18)34-16-17-11-13-19(26)14-12-17/h4-15H,3,16H2,1-2H3,(H,28,30)(H,29,31)/b27-15-. The predicted octanol–water partition coefficient (Wildman–Crippen LogP) is 3.90. The fraction of sp³-hybridized carbons (Fsp3) is 0.160. The molecular formula is C25H24FN3O5. The maximum atomic E-state index is 13.1. The number of carbonyl (C=O) groups is 2.